The summed E-state index contributed by atoms with van der Waals surface area (Å²) in [5, 5.41) is 3.11. The van der Waals surface area contributed by atoms with Crippen molar-refractivity contribution >= 4 is 5.78 Å². The second-order valence-corrected chi connectivity index (χ2v) is 3.92. The number of allylic oxidation sites excluding steroid dienone is 1. The van der Waals surface area contributed by atoms with Crippen molar-refractivity contribution in [3.8, 4) is 0 Å². The van der Waals surface area contributed by atoms with Gasteiger partial charge in [0.15, 0.2) is 5.78 Å². The minimum absolute atomic E-state index is 0.155. The first kappa shape index (κ1) is 9.97. The molecule has 1 aliphatic heterocycles. The Morgan fingerprint density at radius 3 is 2.60 bits per heavy atom. The predicted octanol–water partition coefficient (Wildman–Crippen LogP) is 2.45. The van der Waals surface area contributed by atoms with Crippen LogP contribution in [0.25, 0.3) is 0 Å². The number of nitrogens with one attached hydrogen (secondary N) is 1. The Balaban J connectivity index is 2.20. The fraction of sp³-hybridized carbons (Fsp3) is 0.308. The normalized spacial score (nSPS) is 15.4. The Kier molecular flexibility index (Phi) is 2.86. The van der Waals surface area contributed by atoms with Gasteiger partial charge in [-0.25, -0.2) is 0 Å². The lowest BCUT2D eigenvalue weighted by Crippen LogP contribution is -2.18. The summed E-state index contributed by atoms with van der Waals surface area (Å²) in [5.41, 5.74) is 2.86. The van der Waals surface area contributed by atoms with Crippen molar-refractivity contribution < 1.29 is 4.79 Å². The zero-order valence-corrected chi connectivity index (χ0v) is 8.92. The SMILES string of the molecule is Cc1ccc(C(=O)C2=CNCCC2)cc1. The summed E-state index contributed by atoms with van der Waals surface area (Å²) in [6.45, 7) is 3.00. The molecule has 2 heteroatoms. The Morgan fingerprint density at radius 2 is 2.00 bits per heavy atom. The highest BCUT2D eigenvalue weighted by molar-refractivity contribution is 6.08. The molecule has 1 aromatic carbocycles. The van der Waals surface area contributed by atoms with Crippen LogP contribution in [-0.4, -0.2) is 12.3 Å². The van der Waals surface area contributed by atoms with Crippen molar-refractivity contribution in [2.45, 2.75) is 19.8 Å². The van der Waals surface area contributed by atoms with E-state index in [4.69, 9.17) is 0 Å². The molecule has 0 atom stereocenters. The lowest BCUT2D eigenvalue weighted by molar-refractivity contribution is 0.102. The highest BCUT2D eigenvalue weighted by Crippen LogP contribution is 2.15. The summed E-state index contributed by atoms with van der Waals surface area (Å²) in [6, 6.07) is 7.74. The third-order valence-electron chi connectivity index (χ3n) is 2.65. The smallest absolute Gasteiger partial charge is 0.190 e. The van der Waals surface area contributed by atoms with Crippen molar-refractivity contribution in [1.29, 1.82) is 0 Å². The third-order valence-corrected chi connectivity index (χ3v) is 2.65. The molecule has 0 aromatic heterocycles. The zero-order valence-electron chi connectivity index (χ0n) is 8.92. The van der Waals surface area contributed by atoms with E-state index in [0.29, 0.717) is 0 Å². The molecule has 0 saturated carbocycles. The van der Waals surface area contributed by atoms with Crippen LogP contribution in [-0.2, 0) is 0 Å². The Bertz CT molecular complexity index is 390. The maximum absolute atomic E-state index is 12.0. The van der Waals surface area contributed by atoms with Crippen LogP contribution in [0.2, 0.25) is 0 Å². The summed E-state index contributed by atoms with van der Waals surface area (Å²) < 4.78 is 0. The van der Waals surface area contributed by atoms with Crippen LogP contribution in [0.15, 0.2) is 36.0 Å². The van der Waals surface area contributed by atoms with Crippen molar-refractivity contribution in [3.63, 3.8) is 0 Å². The minimum Gasteiger partial charge on any atom is -0.391 e. The molecule has 1 heterocycles. The fourth-order valence-corrected chi connectivity index (χ4v) is 1.72. The number of aryl methyl sites for hydroxylation is 1. The number of benzene rings is 1. The quantitative estimate of drug-likeness (QED) is 0.745. The van der Waals surface area contributed by atoms with E-state index in [1.807, 2.05) is 37.4 Å². The number of hydrogen-bond acceptors (Lipinski definition) is 2. The Hall–Kier alpha value is -1.57. The van der Waals surface area contributed by atoms with E-state index in [2.05, 4.69) is 5.32 Å². The van der Waals surface area contributed by atoms with Crippen LogP contribution < -0.4 is 5.32 Å². The average Bonchev–Trinajstić information content (AvgIpc) is 2.30. The summed E-state index contributed by atoms with van der Waals surface area (Å²) in [4.78, 5) is 12.0. The molecule has 1 aliphatic rings. The first-order valence-electron chi connectivity index (χ1n) is 5.31. The van der Waals surface area contributed by atoms with Gasteiger partial charge in [0.05, 0.1) is 0 Å². The average molecular weight is 201 g/mol. The molecule has 2 nitrogen and oxygen atoms in total. The molecule has 0 spiro atoms. The molecule has 2 rings (SSSR count). The maximum atomic E-state index is 12.0. The molecule has 15 heavy (non-hydrogen) atoms. The van der Waals surface area contributed by atoms with Crippen LogP contribution in [0, 0.1) is 6.92 Å². The van der Waals surface area contributed by atoms with E-state index in [0.717, 1.165) is 30.5 Å². The van der Waals surface area contributed by atoms with E-state index in [-0.39, 0.29) is 5.78 Å². The van der Waals surface area contributed by atoms with Crippen LogP contribution >= 0.6 is 0 Å². The van der Waals surface area contributed by atoms with Crippen LogP contribution in [0.1, 0.15) is 28.8 Å². The van der Waals surface area contributed by atoms with Gasteiger partial charge in [-0.05, 0) is 19.8 Å². The second kappa shape index (κ2) is 4.30. The monoisotopic (exact) mass is 201 g/mol. The number of rotatable bonds is 2. The van der Waals surface area contributed by atoms with Gasteiger partial charge in [0.25, 0.3) is 0 Å². The van der Waals surface area contributed by atoms with Crippen molar-refractivity contribution in [2.75, 3.05) is 6.54 Å². The summed E-state index contributed by atoms with van der Waals surface area (Å²) in [5.74, 6) is 0.155. The fourth-order valence-electron chi connectivity index (χ4n) is 1.72. The topological polar surface area (TPSA) is 29.1 Å². The van der Waals surface area contributed by atoms with Crippen molar-refractivity contribution in [2.24, 2.45) is 0 Å². The molecule has 0 aliphatic carbocycles. The molecule has 1 N–H and O–H groups in total. The molecular formula is C13H15NO. The Labute approximate surface area is 90.0 Å². The predicted molar refractivity (Wildman–Crippen MR) is 60.8 cm³/mol. The Morgan fingerprint density at radius 1 is 1.27 bits per heavy atom. The van der Waals surface area contributed by atoms with Gasteiger partial charge in [0.1, 0.15) is 0 Å². The van der Waals surface area contributed by atoms with Gasteiger partial charge >= 0.3 is 0 Å². The van der Waals surface area contributed by atoms with Crippen LogP contribution in [0.3, 0.4) is 0 Å². The molecule has 0 radical (unpaired) electrons. The maximum Gasteiger partial charge on any atom is 0.190 e. The van der Waals surface area contributed by atoms with Gasteiger partial charge in [0, 0.05) is 23.9 Å². The van der Waals surface area contributed by atoms with E-state index in [1.54, 1.807) is 0 Å². The molecule has 0 saturated heterocycles. The van der Waals surface area contributed by atoms with E-state index < -0.39 is 0 Å². The van der Waals surface area contributed by atoms with Crippen molar-refractivity contribution in [3.05, 3.63) is 47.2 Å². The molecule has 0 fully saturated rings. The van der Waals surface area contributed by atoms with Gasteiger partial charge in [-0.1, -0.05) is 29.8 Å². The summed E-state index contributed by atoms with van der Waals surface area (Å²) in [6.07, 6.45) is 3.79. The van der Waals surface area contributed by atoms with Gasteiger partial charge in [-0.15, -0.1) is 0 Å². The minimum atomic E-state index is 0.155. The van der Waals surface area contributed by atoms with E-state index in [1.165, 1.54) is 5.56 Å². The molecular weight excluding hydrogens is 186 g/mol. The standard InChI is InChI=1S/C13H15NO/c1-10-4-6-11(7-5-10)13(15)12-3-2-8-14-9-12/h4-7,9,14H,2-3,8H2,1H3. The lowest BCUT2D eigenvalue weighted by Gasteiger charge is -2.13. The lowest BCUT2D eigenvalue weighted by atomic mass is 9.98. The number of hydrogen-bond donors (Lipinski definition) is 1. The summed E-state index contributed by atoms with van der Waals surface area (Å²) >= 11 is 0. The third kappa shape index (κ3) is 2.27. The van der Waals surface area contributed by atoms with Gasteiger partial charge in [0.2, 0.25) is 0 Å². The number of Topliss-reactive ketones (excluding diaryl/α,β-unsaturated/α-hetero) is 1. The highest BCUT2D eigenvalue weighted by Gasteiger charge is 2.13. The summed E-state index contributed by atoms with van der Waals surface area (Å²) in [7, 11) is 0. The molecule has 0 amide bonds. The molecule has 0 bridgehead atoms. The van der Waals surface area contributed by atoms with Gasteiger partial charge < -0.3 is 5.32 Å². The number of carbonyl (C=O) groups excluding carboxylic acids is 1. The molecule has 0 unspecified atom stereocenters. The second-order valence-electron chi connectivity index (χ2n) is 3.92. The van der Waals surface area contributed by atoms with Gasteiger partial charge in [-0.3, -0.25) is 4.79 Å². The van der Waals surface area contributed by atoms with Crippen LogP contribution in [0.5, 0.6) is 0 Å². The largest absolute Gasteiger partial charge is 0.391 e. The van der Waals surface area contributed by atoms with Crippen LogP contribution in [0.4, 0.5) is 0 Å². The molecule has 1 aromatic rings. The van der Waals surface area contributed by atoms with E-state index in [9.17, 15) is 4.79 Å². The van der Waals surface area contributed by atoms with Gasteiger partial charge in [-0.2, -0.15) is 0 Å². The zero-order chi connectivity index (χ0) is 10.7. The molecule has 78 valence electrons. The highest BCUT2D eigenvalue weighted by atomic mass is 16.1. The first-order chi connectivity index (χ1) is 7.27. The number of carbonyl (C=O) groups is 1. The number of ketones is 1. The first-order valence-corrected chi connectivity index (χ1v) is 5.31. The van der Waals surface area contributed by atoms with E-state index >= 15 is 0 Å². The van der Waals surface area contributed by atoms with Crippen molar-refractivity contribution in [1.82, 2.24) is 5.32 Å².